The van der Waals surface area contributed by atoms with E-state index in [-0.39, 0.29) is 21.7 Å². The Labute approximate surface area is 115 Å². The molecule has 2 rings (SSSR count). The molecule has 1 N–H and O–H groups in total. The molecule has 20 heavy (non-hydrogen) atoms. The van der Waals surface area contributed by atoms with Gasteiger partial charge in [-0.2, -0.15) is 0 Å². The van der Waals surface area contributed by atoms with Crippen LogP contribution in [0, 0.1) is 12.7 Å². The van der Waals surface area contributed by atoms with Crippen molar-refractivity contribution in [2.45, 2.75) is 11.8 Å². The average Bonchev–Trinajstić information content (AvgIpc) is 2.37. The van der Waals surface area contributed by atoms with E-state index in [0.29, 0.717) is 0 Å². The standard InChI is InChI=1S/C13H13FN2O3S/c1-9-7-11(4-5-12(9)14)20(18,19)15-10-3-6-13(17)16(2)8-10/h3-8,15H,1-2H3. The Hall–Kier alpha value is -2.15. The van der Waals surface area contributed by atoms with Gasteiger partial charge in [0.1, 0.15) is 5.82 Å². The Morgan fingerprint density at radius 2 is 1.90 bits per heavy atom. The molecule has 0 spiro atoms. The number of benzene rings is 1. The van der Waals surface area contributed by atoms with E-state index in [0.717, 1.165) is 6.07 Å². The molecule has 0 saturated carbocycles. The molecule has 0 radical (unpaired) electrons. The Morgan fingerprint density at radius 3 is 2.50 bits per heavy atom. The topological polar surface area (TPSA) is 68.2 Å². The second-order valence-corrected chi connectivity index (χ2v) is 6.07. The maximum atomic E-state index is 13.2. The number of halogens is 1. The van der Waals surface area contributed by atoms with Gasteiger partial charge in [0.25, 0.3) is 10.0 Å². The molecule has 0 aliphatic heterocycles. The normalized spacial score (nSPS) is 11.3. The van der Waals surface area contributed by atoms with E-state index in [1.807, 2.05) is 0 Å². The first kappa shape index (κ1) is 14.3. The van der Waals surface area contributed by atoms with Crippen molar-refractivity contribution in [1.29, 1.82) is 0 Å². The van der Waals surface area contributed by atoms with Crippen molar-refractivity contribution in [1.82, 2.24) is 4.57 Å². The molecule has 0 aliphatic rings. The highest BCUT2D eigenvalue weighted by atomic mass is 32.2. The van der Waals surface area contributed by atoms with Crippen LogP contribution in [0.2, 0.25) is 0 Å². The van der Waals surface area contributed by atoms with Crippen molar-refractivity contribution in [2.24, 2.45) is 7.05 Å². The Balaban J connectivity index is 2.37. The number of nitrogens with zero attached hydrogens (tertiary/aromatic N) is 1. The van der Waals surface area contributed by atoms with Gasteiger partial charge in [0.15, 0.2) is 0 Å². The maximum Gasteiger partial charge on any atom is 0.261 e. The summed E-state index contributed by atoms with van der Waals surface area (Å²) in [5.41, 5.74) is 0.257. The van der Waals surface area contributed by atoms with Crippen LogP contribution >= 0.6 is 0 Å². The second-order valence-electron chi connectivity index (χ2n) is 4.38. The van der Waals surface area contributed by atoms with Gasteiger partial charge in [-0.3, -0.25) is 9.52 Å². The van der Waals surface area contributed by atoms with E-state index in [1.54, 1.807) is 0 Å². The molecule has 1 aromatic carbocycles. The molecule has 7 heteroatoms. The third-order valence-corrected chi connectivity index (χ3v) is 4.16. The van der Waals surface area contributed by atoms with E-state index >= 15 is 0 Å². The Kier molecular flexibility index (Phi) is 3.63. The molecule has 0 saturated heterocycles. The van der Waals surface area contributed by atoms with Gasteiger partial charge >= 0.3 is 0 Å². The fraction of sp³-hybridized carbons (Fsp3) is 0.154. The summed E-state index contributed by atoms with van der Waals surface area (Å²) in [6.45, 7) is 1.49. The molecule has 0 unspecified atom stereocenters. The monoisotopic (exact) mass is 296 g/mol. The zero-order valence-corrected chi connectivity index (χ0v) is 11.7. The average molecular weight is 296 g/mol. The summed E-state index contributed by atoms with van der Waals surface area (Å²) in [4.78, 5) is 11.2. The van der Waals surface area contributed by atoms with Crippen LogP contribution in [0.15, 0.2) is 46.2 Å². The number of nitrogens with one attached hydrogen (secondary N) is 1. The quantitative estimate of drug-likeness (QED) is 0.936. The Morgan fingerprint density at radius 1 is 1.20 bits per heavy atom. The largest absolute Gasteiger partial charge is 0.316 e. The third-order valence-electron chi connectivity index (χ3n) is 2.78. The minimum atomic E-state index is -3.81. The molecule has 0 amide bonds. The number of hydrogen-bond donors (Lipinski definition) is 1. The second kappa shape index (κ2) is 5.09. The summed E-state index contributed by atoms with van der Waals surface area (Å²) < 4.78 is 41.0. The van der Waals surface area contributed by atoms with Crippen LogP contribution in [0.1, 0.15) is 5.56 Å². The summed E-state index contributed by atoms with van der Waals surface area (Å²) >= 11 is 0. The summed E-state index contributed by atoms with van der Waals surface area (Å²) in [7, 11) is -2.30. The molecule has 106 valence electrons. The minimum absolute atomic E-state index is 0.0368. The van der Waals surface area contributed by atoms with E-state index in [4.69, 9.17) is 0 Å². The third kappa shape index (κ3) is 2.88. The molecular weight excluding hydrogens is 283 g/mol. The first-order chi connectivity index (χ1) is 9.29. The van der Waals surface area contributed by atoms with Crippen molar-refractivity contribution in [3.8, 4) is 0 Å². The van der Waals surface area contributed by atoms with Crippen molar-refractivity contribution < 1.29 is 12.8 Å². The summed E-state index contributed by atoms with van der Waals surface area (Å²) in [6.07, 6.45) is 1.37. The lowest BCUT2D eigenvalue weighted by Crippen LogP contribution is -2.18. The van der Waals surface area contributed by atoms with Gasteiger partial charge in [0.2, 0.25) is 5.56 Å². The molecule has 2 aromatic rings. The summed E-state index contributed by atoms with van der Waals surface area (Å²) in [5, 5.41) is 0. The van der Waals surface area contributed by atoms with Crippen LogP contribution in [0.25, 0.3) is 0 Å². The van der Waals surface area contributed by atoms with Crippen LogP contribution in [0.4, 0.5) is 10.1 Å². The van der Waals surface area contributed by atoms with Crippen molar-refractivity contribution >= 4 is 15.7 Å². The van der Waals surface area contributed by atoms with Crippen molar-refractivity contribution in [3.05, 3.63) is 58.3 Å². The molecule has 1 aromatic heterocycles. The number of aromatic nitrogens is 1. The highest BCUT2D eigenvalue weighted by molar-refractivity contribution is 7.92. The molecule has 5 nitrogen and oxygen atoms in total. The van der Waals surface area contributed by atoms with E-state index < -0.39 is 15.8 Å². The van der Waals surface area contributed by atoms with Gasteiger partial charge in [-0.1, -0.05) is 0 Å². The van der Waals surface area contributed by atoms with Gasteiger partial charge in [0, 0.05) is 19.3 Å². The van der Waals surface area contributed by atoms with Gasteiger partial charge in [-0.15, -0.1) is 0 Å². The number of sulfonamides is 1. The van der Waals surface area contributed by atoms with Crippen LogP contribution in [-0.4, -0.2) is 13.0 Å². The smallest absolute Gasteiger partial charge is 0.261 e. The maximum absolute atomic E-state index is 13.2. The first-order valence-corrected chi connectivity index (χ1v) is 7.23. The summed E-state index contributed by atoms with van der Waals surface area (Å²) in [6, 6.07) is 6.17. The first-order valence-electron chi connectivity index (χ1n) is 5.75. The number of anilines is 1. The molecule has 0 aliphatic carbocycles. The number of pyridine rings is 1. The highest BCUT2D eigenvalue weighted by Crippen LogP contribution is 2.17. The van der Waals surface area contributed by atoms with Crippen molar-refractivity contribution in [3.63, 3.8) is 0 Å². The van der Waals surface area contributed by atoms with Crippen LogP contribution in [0.5, 0.6) is 0 Å². The molecular formula is C13H13FN2O3S. The zero-order valence-electron chi connectivity index (χ0n) is 10.9. The van der Waals surface area contributed by atoms with Crippen LogP contribution in [-0.2, 0) is 17.1 Å². The number of rotatable bonds is 3. The molecule has 1 heterocycles. The predicted octanol–water partition coefficient (Wildman–Crippen LogP) is 1.63. The van der Waals surface area contributed by atoms with Gasteiger partial charge in [-0.25, -0.2) is 12.8 Å². The fourth-order valence-electron chi connectivity index (χ4n) is 1.65. The lowest BCUT2D eigenvalue weighted by Gasteiger charge is -2.09. The van der Waals surface area contributed by atoms with Crippen LogP contribution < -0.4 is 10.3 Å². The van der Waals surface area contributed by atoms with Crippen molar-refractivity contribution in [2.75, 3.05) is 4.72 Å². The van der Waals surface area contributed by atoms with Gasteiger partial charge < -0.3 is 4.57 Å². The Bertz CT molecular complexity index is 813. The van der Waals surface area contributed by atoms with Gasteiger partial charge in [-0.05, 0) is 36.8 Å². The molecule has 0 bridgehead atoms. The predicted molar refractivity (Wildman–Crippen MR) is 73.6 cm³/mol. The highest BCUT2D eigenvalue weighted by Gasteiger charge is 2.15. The summed E-state index contributed by atoms with van der Waals surface area (Å²) in [5.74, 6) is -0.467. The van der Waals surface area contributed by atoms with Gasteiger partial charge in [0.05, 0.1) is 10.6 Å². The number of aryl methyl sites for hydroxylation is 2. The lowest BCUT2D eigenvalue weighted by atomic mass is 10.2. The lowest BCUT2D eigenvalue weighted by molar-refractivity contribution is 0.598. The number of hydrogen-bond acceptors (Lipinski definition) is 3. The van der Waals surface area contributed by atoms with E-state index in [2.05, 4.69) is 4.72 Å². The minimum Gasteiger partial charge on any atom is -0.316 e. The van der Waals surface area contributed by atoms with Crippen LogP contribution in [0.3, 0.4) is 0 Å². The van der Waals surface area contributed by atoms with E-state index in [1.165, 1.54) is 49.0 Å². The zero-order chi connectivity index (χ0) is 14.9. The van der Waals surface area contributed by atoms with E-state index in [9.17, 15) is 17.6 Å². The molecule has 0 atom stereocenters. The fourth-order valence-corrected chi connectivity index (χ4v) is 2.78. The SMILES string of the molecule is Cc1cc(S(=O)(=O)Nc2ccc(=O)n(C)c2)ccc1F. The molecule has 0 fully saturated rings.